The number of halogens is 1. The van der Waals surface area contributed by atoms with E-state index in [1.165, 1.54) is 27.5 Å². The number of piperidine rings is 2. The SMILES string of the molecule is Cc1ccc(S(=O)(=O)N2CCC(c3cc4c(cc3F)C(=O)N(C3CCC(=O)NC3=O)C4)CC2)cn1. The van der Waals surface area contributed by atoms with E-state index in [0.29, 0.717) is 24.0 Å². The predicted octanol–water partition coefficient (Wildman–Crippen LogP) is 1.86. The van der Waals surface area contributed by atoms with E-state index in [4.69, 9.17) is 0 Å². The molecule has 9 nitrogen and oxygen atoms in total. The molecule has 1 aromatic heterocycles. The molecule has 2 fully saturated rings. The normalized spacial score (nSPS) is 21.8. The molecule has 3 aliphatic heterocycles. The highest BCUT2D eigenvalue weighted by Gasteiger charge is 2.40. The molecule has 2 saturated heterocycles. The van der Waals surface area contributed by atoms with Gasteiger partial charge in [0.25, 0.3) is 5.91 Å². The summed E-state index contributed by atoms with van der Waals surface area (Å²) in [7, 11) is -3.68. The highest BCUT2D eigenvalue weighted by Crippen LogP contribution is 2.36. The van der Waals surface area contributed by atoms with Gasteiger partial charge in [0, 0.05) is 43.5 Å². The van der Waals surface area contributed by atoms with Gasteiger partial charge >= 0.3 is 0 Å². The third-order valence-electron chi connectivity index (χ3n) is 7.06. The molecule has 0 bridgehead atoms. The van der Waals surface area contributed by atoms with Crippen LogP contribution in [-0.2, 0) is 26.2 Å². The van der Waals surface area contributed by atoms with Crippen molar-refractivity contribution in [2.75, 3.05) is 13.1 Å². The maximum absolute atomic E-state index is 15.1. The number of nitrogens with one attached hydrogen (secondary N) is 1. The van der Waals surface area contributed by atoms with Gasteiger partial charge in [0.2, 0.25) is 21.8 Å². The van der Waals surface area contributed by atoms with E-state index in [9.17, 15) is 22.8 Å². The number of benzene rings is 1. The average Bonchev–Trinajstić information content (AvgIpc) is 3.14. The molecular formula is C24H25FN4O5S. The van der Waals surface area contributed by atoms with Crippen LogP contribution in [0.2, 0.25) is 0 Å². The minimum Gasteiger partial charge on any atom is -0.322 e. The summed E-state index contributed by atoms with van der Waals surface area (Å²) in [5, 5.41) is 2.26. The lowest BCUT2D eigenvalue weighted by molar-refractivity contribution is -0.136. The van der Waals surface area contributed by atoms with Crippen molar-refractivity contribution in [3.05, 3.63) is 58.7 Å². The van der Waals surface area contributed by atoms with Crippen molar-refractivity contribution in [1.82, 2.24) is 19.5 Å². The van der Waals surface area contributed by atoms with Crippen LogP contribution in [-0.4, -0.2) is 59.5 Å². The molecule has 0 saturated carbocycles. The lowest BCUT2D eigenvalue weighted by Crippen LogP contribution is -2.52. The number of imide groups is 1. The van der Waals surface area contributed by atoms with E-state index in [0.717, 1.165) is 5.69 Å². The number of hydrogen-bond acceptors (Lipinski definition) is 6. The van der Waals surface area contributed by atoms with Crippen LogP contribution in [0.3, 0.4) is 0 Å². The quantitative estimate of drug-likeness (QED) is 0.641. The van der Waals surface area contributed by atoms with Gasteiger partial charge in [-0.3, -0.25) is 24.7 Å². The molecule has 11 heteroatoms. The fraction of sp³-hybridized carbons (Fsp3) is 0.417. The van der Waals surface area contributed by atoms with E-state index in [1.54, 1.807) is 19.1 Å². The Morgan fingerprint density at radius 3 is 2.49 bits per heavy atom. The molecule has 0 spiro atoms. The third-order valence-corrected chi connectivity index (χ3v) is 8.94. The zero-order valence-corrected chi connectivity index (χ0v) is 20.0. The Hall–Kier alpha value is -3.18. The molecule has 3 amide bonds. The minimum atomic E-state index is -3.68. The standard InChI is InChI=1S/C24H25FN4O5S/c1-14-2-3-17(12-26-14)35(33,34)28-8-6-15(7-9-28)18-10-16-13-29(24(32)19(16)11-20(18)25)21-4-5-22(30)27-23(21)31/h2-3,10-12,15,21H,4-9,13H2,1H3,(H,27,30,31). The van der Waals surface area contributed by atoms with Crippen LogP contribution in [0.25, 0.3) is 0 Å². The van der Waals surface area contributed by atoms with Crippen LogP contribution in [0, 0.1) is 12.7 Å². The van der Waals surface area contributed by atoms with Crippen LogP contribution < -0.4 is 5.32 Å². The maximum atomic E-state index is 15.1. The van der Waals surface area contributed by atoms with Crippen LogP contribution >= 0.6 is 0 Å². The van der Waals surface area contributed by atoms with Crippen molar-refractivity contribution in [1.29, 1.82) is 0 Å². The van der Waals surface area contributed by atoms with E-state index in [2.05, 4.69) is 10.3 Å². The molecule has 4 heterocycles. The minimum absolute atomic E-state index is 0.136. The van der Waals surface area contributed by atoms with Gasteiger partial charge in [0.05, 0.1) is 0 Å². The fourth-order valence-corrected chi connectivity index (χ4v) is 6.50. The molecule has 1 atom stereocenters. The summed E-state index contributed by atoms with van der Waals surface area (Å²) < 4.78 is 42.4. The van der Waals surface area contributed by atoms with Crippen molar-refractivity contribution in [2.45, 2.75) is 56.0 Å². The van der Waals surface area contributed by atoms with Gasteiger partial charge in [-0.1, -0.05) is 6.07 Å². The summed E-state index contributed by atoms with van der Waals surface area (Å²) in [4.78, 5) is 42.2. The predicted molar refractivity (Wildman–Crippen MR) is 122 cm³/mol. The monoisotopic (exact) mass is 500 g/mol. The van der Waals surface area contributed by atoms with Gasteiger partial charge < -0.3 is 4.90 Å². The summed E-state index contributed by atoms with van der Waals surface area (Å²) in [5.41, 5.74) is 2.04. The highest BCUT2D eigenvalue weighted by molar-refractivity contribution is 7.89. The second-order valence-electron chi connectivity index (χ2n) is 9.24. The number of sulfonamides is 1. The van der Waals surface area contributed by atoms with Gasteiger partial charge in [-0.2, -0.15) is 4.31 Å². The number of hydrogen-bond donors (Lipinski definition) is 1. The number of amides is 3. The van der Waals surface area contributed by atoms with Crippen molar-refractivity contribution >= 4 is 27.7 Å². The van der Waals surface area contributed by atoms with E-state index in [-0.39, 0.29) is 54.8 Å². The Labute approximate surface area is 202 Å². The van der Waals surface area contributed by atoms with Crippen LogP contribution in [0.1, 0.15) is 58.8 Å². The first kappa shape index (κ1) is 23.6. The van der Waals surface area contributed by atoms with Crippen LogP contribution in [0.5, 0.6) is 0 Å². The number of aryl methyl sites for hydroxylation is 1. The second kappa shape index (κ2) is 8.80. The van der Waals surface area contributed by atoms with Crippen molar-refractivity contribution in [2.24, 2.45) is 0 Å². The Kier molecular flexibility index (Phi) is 5.92. The Morgan fingerprint density at radius 1 is 1.09 bits per heavy atom. The molecule has 1 aromatic carbocycles. The van der Waals surface area contributed by atoms with Gasteiger partial charge in [0.15, 0.2) is 0 Å². The highest BCUT2D eigenvalue weighted by atomic mass is 32.2. The number of rotatable bonds is 4. The zero-order chi connectivity index (χ0) is 24.9. The van der Waals surface area contributed by atoms with Gasteiger partial charge in [-0.25, -0.2) is 12.8 Å². The summed E-state index contributed by atoms with van der Waals surface area (Å²) in [5.74, 6) is -2.00. The number of aromatic nitrogens is 1. The summed E-state index contributed by atoms with van der Waals surface area (Å²) in [6.45, 7) is 2.45. The first-order valence-corrected chi connectivity index (χ1v) is 13.0. The Morgan fingerprint density at radius 2 is 1.83 bits per heavy atom. The molecule has 35 heavy (non-hydrogen) atoms. The first-order valence-electron chi connectivity index (χ1n) is 11.5. The van der Waals surface area contributed by atoms with Gasteiger partial charge in [-0.05, 0) is 61.4 Å². The fourth-order valence-electron chi connectivity index (χ4n) is 5.08. The van der Waals surface area contributed by atoms with Crippen molar-refractivity contribution < 1.29 is 27.2 Å². The number of fused-ring (bicyclic) bond motifs is 1. The third kappa shape index (κ3) is 4.23. The molecular weight excluding hydrogens is 475 g/mol. The number of nitrogens with zero attached hydrogens (tertiary/aromatic N) is 3. The second-order valence-corrected chi connectivity index (χ2v) is 11.2. The molecule has 1 unspecified atom stereocenters. The number of carbonyl (C=O) groups excluding carboxylic acids is 3. The lowest BCUT2D eigenvalue weighted by atomic mass is 9.88. The lowest BCUT2D eigenvalue weighted by Gasteiger charge is -2.31. The van der Waals surface area contributed by atoms with Crippen LogP contribution in [0.15, 0.2) is 35.4 Å². The van der Waals surface area contributed by atoms with Crippen molar-refractivity contribution in [3.8, 4) is 0 Å². The molecule has 1 N–H and O–H groups in total. The summed E-state index contributed by atoms with van der Waals surface area (Å²) in [6, 6.07) is 5.32. The van der Waals surface area contributed by atoms with Gasteiger partial charge in [-0.15, -0.1) is 0 Å². The molecule has 3 aliphatic rings. The Bertz CT molecular complexity index is 1320. The average molecular weight is 501 g/mol. The summed E-state index contributed by atoms with van der Waals surface area (Å²) in [6.07, 6.45) is 2.62. The molecule has 0 aliphatic carbocycles. The molecule has 2 aromatic rings. The smallest absolute Gasteiger partial charge is 0.255 e. The topological polar surface area (TPSA) is 117 Å². The Balaban J connectivity index is 1.31. The molecule has 184 valence electrons. The zero-order valence-electron chi connectivity index (χ0n) is 19.2. The maximum Gasteiger partial charge on any atom is 0.255 e. The van der Waals surface area contributed by atoms with Crippen molar-refractivity contribution in [3.63, 3.8) is 0 Å². The van der Waals surface area contributed by atoms with E-state index >= 15 is 4.39 Å². The summed E-state index contributed by atoms with van der Waals surface area (Å²) >= 11 is 0. The molecule has 0 radical (unpaired) electrons. The van der Waals surface area contributed by atoms with Gasteiger partial charge in [0.1, 0.15) is 16.8 Å². The van der Waals surface area contributed by atoms with Crippen LogP contribution in [0.4, 0.5) is 4.39 Å². The van der Waals surface area contributed by atoms with E-state index < -0.39 is 33.7 Å². The molecule has 5 rings (SSSR count). The van der Waals surface area contributed by atoms with E-state index in [1.807, 2.05) is 0 Å². The number of pyridine rings is 1. The number of carbonyl (C=O) groups is 3. The largest absolute Gasteiger partial charge is 0.322 e. The first-order chi connectivity index (χ1) is 16.6.